The predicted molar refractivity (Wildman–Crippen MR) is 139 cm³/mol. The van der Waals surface area contributed by atoms with E-state index < -0.39 is 11.8 Å². The number of ether oxygens (including phenoxy) is 1. The molecule has 2 aliphatic heterocycles. The van der Waals surface area contributed by atoms with Crippen molar-refractivity contribution in [2.45, 2.75) is 64.3 Å². The van der Waals surface area contributed by atoms with Gasteiger partial charge in [-0.3, -0.25) is 0 Å². The maximum Gasteiger partial charge on any atom is 0.324 e. The van der Waals surface area contributed by atoms with Gasteiger partial charge in [-0.05, 0) is 57.6 Å². The first-order chi connectivity index (χ1) is 18.1. The molecule has 2 unspecified atom stereocenters. The lowest BCUT2D eigenvalue weighted by atomic mass is 9.98. The normalized spacial score (nSPS) is 22.5. The maximum atomic E-state index is 12.4. The molecule has 10 nitrogen and oxygen atoms in total. The zero-order chi connectivity index (χ0) is 27.3. The summed E-state index contributed by atoms with van der Waals surface area (Å²) in [7, 11) is 0. The Morgan fingerprint density at radius 2 is 1.84 bits per heavy atom. The Hall–Kier alpha value is -3.12. The number of hydrogen-bond donors (Lipinski definition) is 2. The Morgan fingerprint density at radius 3 is 2.39 bits per heavy atom. The topological polar surface area (TPSA) is 127 Å². The number of nitrogens with two attached hydrogens (primary N) is 1. The molecule has 0 spiro atoms. The van der Waals surface area contributed by atoms with Gasteiger partial charge in [-0.1, -0.05) is 11.2 Å². The van der Waals surface area contributed by atoms with Crippen LogP contribution in [0.2, 0.25) is 0 Å². The number of allylic oxidation sites excluding steroid dienone is 4. The lowest BCUT2D eigenvalue weighted by Crippen LogP contribution is -2.35. The monoisotopic (exact) mass is 533 g/mol. The Bertz CT molecular complexity index is 1110. The van der Waals surface area contributed by atoms with Crippen molar-refractivity contribution in [3.05, 3.63) is 41.8 Å². The minimum Gasteiger partial charge on any atom is -0.490 e. The molecule has 0 saturated carbocycles. The van der Waals surface area contributed by atoms with Crippen LogP contribution in [0.15, 0.2) is 40.5 Å². The number of aliphatic hydroxyl groups is 1. The summed E-state index contributed by atoms with van der Waals surface area (Å²) < 4.78 is 35.9. The number of piperidine rings is 1. The van der Waals surface area contributed by atoms with Gasteiger partial charge in [0.25, 0.3) is 0 Å². The Labute approximate surface area is 221 Å². The van der Waals surface area contributed by atoms with Gasteiger partial charge in [0.1, 0.15) is 17.6 Å². The van der Waals surface area contributed by atoms with E-state index in [1.807, 2.05) is 0 Å². The van der Waals surface area contributed by atoms with E-state index in [2.05, 4.69) is 29.9 Å². The minimum absolute atomic E-state index is 0.0810. The Kier molecular flexibility index (Phi) is 8.93. The highest BCUT2D eigenvalue weighted by atomic mass is 19.1. The van der Waals surface area contributed by atoms with Crippen molar-refractivity contribution in [1.82, 2.24) is 20.1 Å². The number of nitrogens with zero attached hydrogens (tertiary/aromatic N) is 6. The largest absolute Gasteiger partial charge is 0.490 e. The van der Waals surface area contributed by atoms with Crippen molar-refractivity contribution in [1.29, 1.82) is 0 Å². The zero-order valence-corrected chi connectivity index (χ0v) is 22.2. The Morgan fingerprint density at radius 1 is 1.16 bits per heavy atom. The Balaban J connectivity index is 0.000000317. The van der Waals surface area contributed by atoms with E-state index in [0.29, 0.717) is 41.6 Å². The van der Waals surface area contributed by atoms with Crippen LogP contribution in [0.5, 0.6) is 5.75 Å². The first kappa shape index (κ1) is 27.9. The summed E-state index contributed by atoms with van der Waals surface area (Å²) in [6, 6.07) is 0.668. The molecule has 2 atom stereocenters. The lowest BCUT2D eigenvalue weighted by Gasteiger charge is -2.30. The summed E-state index contributed by atoms with van der Waals surface area (Å²) in [5.74, 6) is 1.82. The molecule has 2 aromatic rings. The summed E-state index contributed by atoms with van der Waals surface area (Å²) in [6.45, 7) is 8.87. The molecule has 2 fully saturated rings. The number of aromatic nitrogens is 4. The molecular weight excluding hydrogens is 496 g/mol. The van der Waals surface area contributed by atoms with Crippen LogP contribution in [-0.2, 0) is 5.60 Å². The highest BCUT2D eigenvalue weighted by Gasteiger charge is 2.28. The van der Waals surface area contributed by atoms with Gasteiger partial charge < -0.3 is 29.9 Å². The van der Waals surface area contributed by atoms with Crippen molar-refractivity contribution in [2.75, 3.05) is 42.6 Å². The van der Waals surface area contributed by atoms with E-state index in [0.717, 1.165) is 45.4 Å². The molecule has 0 bridgehead atoms. The van der Waals surface area contributed by atoms with Crippen molar-refractivity contribution >= 4 is 12.0 Å². The fourth-order valence-corrected chi connectivity index (χ4v) is 4.35. The quantitative estimate of drug-likeness (QED) is 0.570. The number of halogens is 2. The van der Waals surface area contributed by atoms with Gasteiger partial charge in [0.05, 0.1) is 19.0 Å². The molecule has 2 saturated heterocycles. The van der Waals surface area contributed by atoms with Gasteiger partial charge in [-0.25, -0.2) is 18.7 Å². The lowest BCUT2D eigenvalue weighted by molar-refractivity contribution is 0.0661. The standard InChI is InChI=1S/C19H29N7O3.C7H8F2/c1-19(2,27)16-23-18(29-24-16)25-6-3-13(4-7-25)12-28-15-9-21-17(22-10-15)26-8-5-14(20)11-26;1-5-2-3-6(8)4-7(5)9/h9-10,13-14,27H,3-8,11-12,20H2,1-2H3;2-3,6H,4H2,1H3. The van der Waals surface area contributed by atoms with Gasteiger partial charge in [0, 0.05) is 38.6 Å². The third kappa shape index (κ3) is 7.47. The van der Waals surface area contributed by atoms with E-state index >= 15 is 0 Å². The highest BCUT2D eigenvalue weighted by molar-refractivity contribution is 5.33. The molecule has 0 aromatic carbocycles. The van der Waals surface area contributed by atoms with Crippen LogP contribution in [0.25, 0.3) is 0 Å². The van der Waals surface area contributed by atoms with Crippen molar-refractivity contribution < 1.29 is 23.1 Å². The van der Waals surface area contributed by atoms with Crippen LogP contribution in [0, 0.1) is 5.92 Å². The van der Waals surface area contributed by atoms with E-state index in [-0.39, 0.29) is 18.3 Å². The number of alkyl halides is 1. The molecular formula is C26H37F2N7O3. The fourth-order valence-electron chi connectivity index (χ4n) is 4.35. The number of anilines is 2. The van der Waals surface area contributed by atoms with E-state index in [1.54, 1.807) is 33.2 Å². The van der Waals surface area contributed by atoms with Crippen LogP contribution in [0.4, 0.5) is 20.7 Å². The van der Waals surface area contributed by atoms with Crippen LogP contribution in [0.3, 0.4) is 0 Å². The molecule has 38 heavy (non-hydrogen) atoms. The molecule has 12 heteroatoms. The van der Waals surface area contributed by atoms with Gasteiger partial charge in [-0.15, -0.1) is 0 Å². The molecule has 2 aromatic heterocycles. The van der Waals surface area contributed by atoms with Gasteiger partial charge in [0.2, 0.25) is 11.8 Å². The highest BCUT2D eigenvalue weighted by Crippen LogP contribution is 2.26. The van der Waals surface area contributed by atoms with E-state index in [9.17, 15) is 13.9 Å². The summed E-state index contributed by atoms with van der Waals surface area (Å²) in [5, 5.41) is 13.8. The van der Waals surface area contributed by atoms with Gasteiger partial charge in [-0.2, -0.15) is 4.98 Å². The second-order valence-electron chi connectivity index (χ2n) is 10.6. The molecule has 4 heterocycles. The molecule has 208 valence electrons. The second-order valence-corrected chi connectivity index (χ2v) is 10.6. The second kappa shape index (κ2) is 12.2. The number of hydrogen-bond acceptors (Lipinski definition) is 10. The summed E-state index contributed by atoms with van der Waals surface area (Å²) in [4.78, 5) is 17.3. The first-order valence-electron chi connectivity index (χ1n) is 13.0. The van der Waals surface area contributed by atoms with Crippen LogP contribution >= 0.6 is 0 Å². The molecule has 3 N–H and O–H groups in total. The minimum atomic E-state index is -1.12. The van der Waals surface area contributed by atoms with Crippen LogP contribution in [-0.4, -0.2) is 70.2 Å². The van der Waals surface area contributed by atoms with E-state index in [4.69, 9.17) is 15.0 Å². The maximum absolute atomic E-state index is 12.4. The van der Waals surface area contributed by atoms with E-state index in [1.165, 1.54) is 12.2 Å². The number of rotatable bonds is 6. The summed E-state index contributed by atoms with van der Waals surface area (Å²) in [5.41, 5.74) is 5.38. The average molecular weight is 534 g/mol. The van der Waals surface area contributed by atoms with Crippen LogP contribution < -0.4 is 20.3 Å². The zero-order valence-electron chi connectivity index (χ0n) is 22.2. The average Bonchev–Trinajstić information content (AvgIpc) is 3.56. The van der Waals surface area contributed by atoms with Crippen molar-refractivity contribution in [3.8, 4) is 5.75 Å². The summed E-state index contributed by atoms with van der Waals surface area (Å²) >= 11 is 0. The molecule has 5 rings (SSSR count). The van der Waals surface area contributed by atoms with Crippen LogP contribution in [0.1, 0.15) is 52.3 Å². The third-order valence-electron chi connectivity index (χ3n) is 6.81. The molecule has 1 aliphatic carbocycles. The fraction of sp³-hybridized carbons (Fsp3) is 0.615. The molecule has 0 radical (unpaired) electrons. The molecule has 3 aliphatic rings. The predicted octanol–water partition coefficient (Wildman–Crippen LogP) is 3.45. The SMILES string of the molecule is CC(C)(O)c1noc(N2CCC(COc3cnc(N4CCC(N)C4)nc3)CC2)n1.CC1=C(F)CC(F)C=C1. The summed E-state index contributed by atoms with van der Waals surface area (Å²) in [6.07, 6.45) is 8.02. The first-order valence-corrected chi connectivity index (χ1v) is 13.0. The smallest absolute Gasteiger partial charge is 0.324 e. The van der Waals surface area contributed by atoms with Gasteiger partial charge in [0.15, 0.2) is 5.75 Å². The van der Waals surface area contributed by atoms with Crippen molar-refractivity contribution in [2.24, 2.45) is 11.7 Å². The van der Waals surface area contributed by atoms with Crippen molar-refractivity contribution in [3.63, 3.8) is 0 Å². The third-order valence-corrected chi connectivity index (χ3v) is 6.81. The molecule has 0 amide bonds. The van der Waals surface area contributed by atoms with Gasteiger partial charge >= 0.3 is 6.01 Å².